The maximum absolute atomic E-state index is 13.2. The van der Waals surface area contributed by atoms with E-state index in [0.29, 0.717) is 18.4 Å². The highest BCUT2D eigenvalue weighted by molar-refractivity contribution is 5.67. The highest BCUT2D eigenvalue weighted by Gasteiger charge is 2.09. The minimum Gasteiger partial charge on any atom is -0.481 e. The maximum atomic E-state index is 13.2. The van der Waals surface area contributed by atoms with Gasteiger partial charge in [-0.05, 0) is 41.7 Å². The van der Waals surface area contributed by atoms with Gasteiger partial charge in [0.1, 0.15) is 0 Å². The number of carbonyl (C=O) groups is 1. The van der Waals surface area contributed by atoms with Crippen LogP contribution >= 0.6 is 0 Å². The van der Waals surface area contributed by atoms with Gasteiger partial charge in [-0.1, -0.05) is 30.3 Å². The van der Waals surface area contributed by atoms with Gasteiger partial charge in [-0.15, -0.1) is 0 Å². The van der Waals surface area contributed by atoms with Crippen LogP contribution in [0.15, 0.2) is 42.5 Å². The first kappa shape index (κ1) is 16.1. The van der Waals surface area contributed by atoms with Crippen molar-refractivity contribution in [3.05, 3.63) is 59.7 Å². The van der Waals surface area contributed by atoms with Crippen LogP contribution in [0.2, 0.25) is 0 Å². The monoisotopic (exact) mass is 306 g/mol. The number of aliphatic hydroxyl groups is 1. The summed E-state index contributed by atoms with van der Waals surface area (Å²) in [7, 11) is 0. The summed E-state index contributed by atoms with van der Waals surface area (Å²) in [5, 5.41) is 18.1. The molecule has 1 atom stereocenters. The Bertz CT molecular complexity index is 653. The Labute approximate surface area is 126 Å². The molecule has 2 aromatic rings. The summed E-state index contributed by atoms with van der Waals surface area (Å²) < 4.78 is 26.1. The molecule has 0 saturated carbocycles. The Morgan fingerprint density at radius 1 is 1.00 bits per heavy atom. The van der Waals surface area contributed by atoms with Crippen LogP contribution < -0.4 is 0 Å². The topological polar surface area (TPSA) is 57.5 Å². The number of aryl methyl sites for hydroxylation is 1. The quantitative estimate of drug-likeness (QED) is 0.860. The van der Waals surface area contributed by atoms with E-state index in [1.165, 1.54) is 6.07 Å². The Morgan fingerprint density at radius 3 is 2.23 bits per heavy atom. The second-order valence-corrected chi connectivity index (χ2v) is 5.12. The van der Waals surface area contributed by atoms with E-state index in [4.69, 9.17) is 5.11 Å². The molecule has 3 nitrogen and oxygen atoms in total. The van der Waals surface area contributed by atoms with Crippen LogP contribution in [-0.4, -0.2) is 22.3 Å². The fourth-order valence-corrected chi connectivity index (χ4v) is 2.18. The van der Waals surface area contributed by atoms with Gasteiger partial charge < -0.3 is 10.2 Å². The Balaban J connectivity index is 2.01. The second kappa shape index (κ2) is 7.13. The van der Waals surface area contributed by atoms with Gasteiger partial charge in [-0.3, -0.25) is 4.79 Å². The molecule has 0 bridgehead atoms. The van der Waals surface area contributed by atoms with Crippen LogP contribution in [0, 0.1) is 11.6 Å². The van der Waals surface area contributed by atoms with Gasteiger partial charge in [0.2, 0.25) is 0 Å². The fraction of sp³-hybridized carbons (Fsp3) is 0.235. The number of rotatable bonds is 6. The van der Waals surface area contributed by atoms with Crippen LogP contribution in [0.25, 0.3) is 11.1 Å². The van der Waals surface area contributed by atoms with Crippen molar-refractivity contribution < 1.29 is 23.8 Å². The lowest BCUT2D eigenvalue weighted by Crippen LogP contribution is -2.13. The van der Waals surface area contributed by atoms with E-state index >= 15 is 0 Å². The molecule has 0 heterocycles. The molecule has 0 spiro atoms. The summed E-state index contributed by atoms with van der Waals surface area (Å²) in [6.45, 7) is 0. The number of benzene rings is 2. The third kappa shape index (κ3) is 4.36. The standard InChI is InChI=1S/C17H16F2O3/c18-15-8-6-13(9-16(15)19)12-4-1-11(2-5-12)3-7-14(20)10-17(21)22/h1-2,4-6,8-9,14,20H,3,7,10H2,(H,21,22). The van der Waals surface area contributed by atoms with E-state index in [1.54, 1.807) is 12.1 Å². The maximum Gasteiger partial charge on any atom is 0.305 e. The van der Waals surface area contributed by atoms with Crippen LogP contribution in [0.3, 0.4) is 0 Å². The summed E-state index contributed by atoms with van der Waals surface area (Å²) in [4.78, 5) is 10.5. The van der Waals surface area contributed by atoms with Crippen molar-refractivity contribution in [1.29, 1.82) is 0 Å². The zero-order chi connectivity index (χ0) is 16.1. The Kier molecular flexibility index (Phi) is 5.22. The summed E-state index contributed by atoms with van der Waals surface area (Å²) in [6, 6.07) is 10.9. The number of carboxylic acid groups (broad SMARTS) is 1. The molecule has 2 aromatic carbocycles. The lowest BCUT2D eigenvalue weighted by atomic mass is 10.0. The van der Waals surface area contributed by atoms with E-state index < -0.39 is 23.7 Å². The highest BCUT2D eigenvalue weighted by Crippen LogP contribution is 2.22. The van der Waals surface area contributed by atoms with E-state index in [-0.39, 0.29) is 6.42 Å². The van der Waals surface area contributed by atoms with Crippen molar-refractivity contribution in [3.63, 3.8) is 0 Å². The van der Waals surface area contributed by atoms with Gasteiger partial charge in [0, 0.05) is 0 Å². The molecule has 0 aliphatic rings. The number of hydrogen-bond acceptors (Lipinski definition) is 2. The van der Waals surface area contributed by atoms with Gasteiger partial charge in [0.25, 0.3) is 0 Å². The SMILES string of the molecule is O=C(O)CC(O)CCc1ccc(-c2ccc(F)c(F)c2)cc1. The molecule has 0 aromatic heterocycles. The van der Waals surface area contributed by atoms with Crippen LogP contribution in [0.1, 0.15) is 18.4 Å². The first-order valence-electron chi connectivity index (χ1n) is 6.90. The van der Waals surface area contributed by atoms with Crippen molar-refractivity contribution in [2.24, 2.45) is 0 Å². The van der Waals surface area contributed by atoms with Crippen molar-refractivity contribution in [3.8, 4) is 11.1 Å². The van der Waals surface area contributed by atoms with Crippen LogP contribution in [0.4, 0.5) is 8.78 Å². The predicted octanol–water partition coefficient (Wildman–Crippen LogP) is 3.40. The van der Waals surface area contributed by atoms with Crippen molar-refractivity contribution in [1.82, 2.24) is 0 Å². The van der Waals surface area contributed by atoms with E-state index in [2.05, 4.69) is 0 Å². The van der Waals surface area contributed by atoms with E-state index in [1.807, 2.05) is 12.1 Å². The molecule has 0 saturated heterocycles. The lowest BCUT2D eigenvalue weighted by Gasteiger charge is -2.08. The molecular weight excluding hydrogens is 290 g/mol. The third-order valence-corrected chi connectivity index (χ3v) is 3.38. The summed E-state index contributed by atoms with van der Waals surface area (Å²) in [5.74, 6) is -2.80. The minimum atomic E-state index is -1.03. The number of hydrogen-bond donors (Lipinski definition) is 2. The number of halogens is 2. The molecule has 116 valence electrons. The van der Waals surface area contributed by atoms with Gasteiger partial charge in [-0.2, -0.15) is 0 Å². The molecule has 0 aliphatic carbocycles. The minimum absolute atomic E-state index is 0.271. The molecule has 1 unspecified atom stereocenters. The molecule has 22 heavy (non-hydrogen) atoms. The predicted molar refractivity (Wildman–Crippen MR) is 78.4 cm³/mol. The smallest absolute Gasteiger partial charge is 0.305 e. The van der Waals surface area contributed by atoms with Crippen molar-refractivity contribution in [2.75, 3.05) is 0 Å². The van der Waals surface area contributed by atoms with E-state index in [0.717, 1.165) is 23.3 Å². The largest absolute Gasteiger partial charge is 0.481 e. The Hall–Kier alpha value is -2.27. The van der Waals surface area contributed by atoms with Crippen LogP contribution in [-0.2, 0) is 11.2 Å². The molecular formula is C17H16F2O3. The fourth-order valence-electron chi connectivity index (χ4n) is 2.18. The number of carboxylic acids is 1. The Morgan fingerprint density at radius 2 is 1.64 bits per heavy atom. The average molecular weight is 306 g/mol. The molecule has 0 radical (unpaired) electrons. The summed E-state index contributed by atoms with van der Waals surface area (Å²) >= 11 is 0. The van der Waals surface area contributed by atoms with Crippen molar-refractivity contribution >= 4 is 5.97 Å². The first-order chi connectivity index (χ1) is 10.5. The second-order valence-electron chi connectivity index (χ2n) is 5.12. The molecule has 0 aliphatic heterocycles. The van der Waals surface area contributed by atoms with Gasteiger partial charge in [-0.25, -0.2) is 8.78 Å². The first-order valence-corrected chi connectivity index (χ1v) is 6.90. The van der Waals surface area contributed by atoms with Crippen molar-refractivity contribution in [2.45, 2.75) is 25.4 Å². The van der Waals surface area contributed by atoms with Gasteiger partial charge in [0.05, 0.1) is 12.5 Å². The molecule has 2 N–H and O–H groups in total. The highest BCUT2D eigenvalue weighted by atomic mass is 19.2. The van der Waals surface area contributed by atoms with Crippen LogP contribution in [0.5, 0.6) is 0 Å². The third-order valence-electron chi connectivity index (χ3n) is 3.38. The lowest BCUT2D eigenvalue weighted by molar-refractivity contribution is -0.139. The number of aliphatic hydroxyl groups excluding tert-OH is 1. The zero-order valence-corrected chi connectivity index (χ0v) is 11.8. The van der Waals surface area contributed by atoms with Gasteiger partial charge in [0.15, 0.2) is 11.6 Å². The average Bonchev–Trinajstić information content (AvgIpc) is 2.48. The van der Waals surface area contributed by atoms with Gasteiger partial charge >= 0.3 is 5.97 Å². The normalized spacial score (nSPS) is 12.1. The zero-order valence-electron chi connectivity index (χ0n) is 11.8. The summed E-state index contributed by atoms with van der Waals surface area (Å²) in [5.41, 5.74) is 2.28. The molecule has 0 amide bonds. The van der Waals surface area contributed by atoms with E-state index in [9.17, 15) is 18.7 Å². The number of aliphatic carboxylic acids is 1. The summed E-state index contributed by atoms with van der Waals surface area (Å²) in [6.07, 6.45) is -0.237. The molecule has 2 rings (SSSR count). The molecule has 0 fully saturated rings. The molecule has 5 heteroatoms.